The average Bonchev–Trinajstić information content (AvgIpc) is 2.30. The van der Waals surface area contributed by atoms with Crippen LogP contribution in [0.5, 0.6) is 0 Å². The fraction of sp³-hybridized carbons (Fsp3) is 0.417. The minimum absolute atomic E-state index is 0.326. The van der Waals surface area contributed by atoms with Crippen molar-refractivity contribution in [1.82, 2.24) is 0 Å². The van der Waals surface area contributed by atoms with Gasteiger partial charge in [-0.3, -0.25) is 0 Å². The number of anilines is 1. The van der Waals surface area contributed by atoms with E-state index in [2.05, 4.69) is 5.32 Å². The molecule has 0 bridgehead atoms. The highest BCUT2D eigenvalue weighted by atomic mass is 35.5. The Morgan fingerprint density at radius 1 is 1.41 bits per heavy atom. The minimum atomic E-state index is 0.326. The quantitative estimate of drug-likeness (QED) is 0.829. The molecule has 1 aromatic rings. The standard InChI is InChI=1S/C12H15ClN2OS/c13-11-7-9(1-2-10(11)12(14)17)15-8-3-5-16-6-4-8/h1-2,7-8,15H,3-6H2,(H2,14,17). The predicted octanol–water partition coefficient (Wildman–Crippen LogP) is 2.57. The lowest BCUT2D eigenvalue weighted by molar-refractivity contribution is 0.0904. The van der Waals surface area contributed by atoms with Crippen LogP contribution >= 0.6 is 23.8 Å². The summed E-state index contributed by atoms with van der Waals surface area (Å²) in [4.78, 5) is 0.326. The van der Waals surface area contributed by atoms with E-state index < -0.39 is 0 Å². The van der Waals surface area contributed by atoms with Gasteiger partial charge in [0, 0.05) is 30.5 Å². The number of thiocarbonyl (C=S) groups is 1. The van der Waals surface area contributed by atoms with Crippen LogP contribution in [0, 0.1) is 0 Å². The van der Waals surface area contributed by atoms with Gasteiger partial charge in [-0.1, -0.05) is 23.8 Å². The Morgan fingerprint density at radius 3 is 2.71 bits per heavy atom. The second-order valence-corrected chi connectivity index (χ2v) is 4.94. The van der Waals surface area contributed by atoms with E-state index in [1.165, 1.54) is 0 Å². The van der Waals surface area contributed by atoms with Gasteiger partial charge in [0.2, 0.25) is 0 Å². The van der Waals surface area contributed by atoms with Crippen LogP contribution in [0.2, 0.25) is 5.02 Å². The van der Waals surface area contributed by atoms with Crippen molar-refractivity contribution in [3.05, 3.63) is 28.8 Å². The van der Waals surface area contributed by atoms with Crippen LogP contribution < -0.4 is 11.1 Å². The zero-order chi connectivity index (χ0) is 12.3. The molecule has 5 heteroatoms. The van der Waals surface area contributed by atoms with Crippen molar-refractivity contribution >= 4 is 34.5 Å². The molecule has 0 aromatic heterocycles. The largest absolute Gasteiger partial charge is 0.389 e. The maximum Gasteiger partial charge on any atom is 0.105 e. The Hall–Kier alpha value is -0.840. The number of nitrogens with two attached hydrogens (primary N) is 1. The van der Waals surface area contributed by atoms with Gasteiger partial charge in [0.25, 0.3) is 0 Å². The summed E-state index contributed by atoms with van der Waals surface area (Å²) in [7, 11) is 0. The van der Waals surface area contributed by atoms with E-state index in [0.29, 0.717) is 16.1 Å². The molecule has 0 aliphatic carbocycles. The molecule has 1 aliphatic heterocycles. The van der Waals surface area contributed by atoms with Gasteiger partial charge in [-0.15, -0.1) is 0 Å². The Balaban J connectivity index is 2.06. The summed E-state index contributed by atoms with van der Waals surface area (Å²) in [6.45, 7) is 1.63. The molecule has 1 saturated heterocycles. The third-order valence-electron chi connectivity index (χ3n) is 2.83. The van der Waals surface area contributed by atoms with Gasteiger partial charge in [0.1, 0.15) is 4.99 Å². The predicted molar refractivity (Wildman–Crippen MR) is 74.8 cm³/mol. The first-order valence-electron chi connectivity index (χ1n) is 5.60. The van der Waals surface area contributed by atoms with Crippen LogP contribution in [0.3, 0.4) is 0 Å². The zero-order valence-electron chi connectivity index (χ0n) is 9.41. The van der Waals surface area contributed by atoms with Gasteiger partial charge < -0.3 is 15.8 Å². The Labute approximate surface area is 111 Å². The van der Waals surface area contributed by atoms with Crippen molar-refractivity contribution in [2.75, 3.05) is 18.5 Å². The molecule has 1 fully saturated rings. The van der Waals surface area contributed by atoms with Crippen molar-refractivity contribution in [2.24, 2.45) is 5.73 Å². The Morgan fingerprint density at radius 2 is 2.12 bits per heavy atom. The van der Waals surface area contributed by atoms with Crippen LogP contribution in [-0.2, 0) is 4.74 Å². The van der Waals surface area contributed by atoms with E-state index in [9.17, 15) is 0 Å². The fourth-order valence-electron chi connectivity index (χ4n) is 1.88. The molecular weight excluding hydrogens is 256 g/mol. The topological polar surface area (TPSA) is 47.3 Å². The molecule has 0 amide bonds. The number of benzene rings is 1. The molecule has 3 nitrogen and oxygen atoms in total. The van der Waals surface area contributed by atoms with Crippen molar-refractivity contribution in [3.63, 3.8) is 0 Å². The number of hydrogen-bond donors (Lipinski definition) is 2. The number of rotatable bonds is 3. The summed E-state index contributed by atoms with van der Waals surface area (Å²) >= 11 is 11.0. The average molecular weight is 271 g/mol. The molecule has 0 unspecified atom stereocenters. The molecular formula is C12H15ClN2OS. The van der Waals surface area contributed by atoms with Gasteiger partial charge in [-0.25, -0.2) is 0 Å². The first-order chi connectivity index (χ1) is 8.16. The molecule has 0 spiro atoms. The van der Waals surface area contributed by atoms with E-state index in [1.54, 1.807) is 0 Å². The van der Waals surface area contributed by atoms with Crippen LogP contribution in [-0.4, -0.2) is 24.2 Å². The lowest BCUT2D eigenvalue weighted by atomic mass is 10.1. The number of nitrogens with one attached hydrogen (secondary N) is 1. The van der Waals surface area contributed by atoms with Crippen LogP contribution in [0.15, 0.2) is 18.2 Å². The monoisotopic (exact) mass is 270 g/mol. The molecule has 92 valence electrons. The Kier molecular flexibility index (Phi) is 4.20. The van der Waals surface area contributed by atoms with Crippen molar-refractivity contribution in [2.45, 2.75) is 18.9 Å². The highest BCUT2D eigenvalue weighted by Crippen LogP contribution is 2.22. The van der Waals surface area contributed by atoms with E-state index in [0.717, 1.165) is 37.3 Å². The smallest absolute Gasteiger partial charge is 0.105 e. The van der Waals surface area contributed by atoms with E-state index >= 15 is 0 Å². The molecule has 1 aliphatic rings. The first-order valence-corrected chi connectivity index (χ1v) is 6.39. The molecule has 2 rings (SSSR count). The van der Waals surface area contributed by atoms with Crippen molar-refractivity contribution in [3.8, 4) is 0 Å². The SMILES string of the molecule is NC(=S)c1ccc(NC2CCOCC2)cc1Cl. The second kappa shape index (κ2) is 5.67. The molecule has 1 heterocycles. The molecule has 0 atom stereocenters. The minimum Gasteiger partial charge on any atom is -0.389 e. The van der Waals surface area contributed by atoms with E-state index in [1.807, 2.05) is 18.2 Å². The highest BCUT2D eigenvalue weighted by Gasteiger charge is 2.13. The normalized spacial score (nSPS) is 16.8. The Bertz CT molecular complexity index is 419. The summed E-state index contributed by atoms with van der Waals surface area (Å²) in [6, 6.07) is 6.13. The van der Waals surface area contributed by atoms with Gasteiger partial charge in [-0.05, 0) is 31.0 Å². The highest BCUT2D eigenvalue weighted by molar-refractivity contribution is 7.80. The summed E-state index contributed by atoms with van der Waals surface area (Å²) in [5.41, 5.74) is 7.28. The number of ether oxygens (including phenoxy) is 1. The lowest BCUT2D eigenvalue weighted by Crippen LogP contribution is -2.27. The van der Waals surface area contributed by atoms with Crippen LogP contribution in [0.4, 0.5) is 5.69 Å². The number of halogens is 1. The summed E-state index contributed by atoms with van der Waals surface area (Å²) in [6.07, 6.45) is 2.04. The molecule has 0 radical (unpaired) electrons. The number of hydrogen-bond acceptors (Lipinski definition) is 3. The summed E-state index contributed by atoms with van der Waals surface area (Å²) in [5.74, 6) is 0. The van der Waals surface area contributed by atoms with E-state index in [4.69, 9.17) is 34.3 Å². The van der Waals surface area contributed by atoms with Gasteiger partial charge in [-0.2, -0.15) is 0 Å². The lowest BCUT2D eigenvalue weighted by Gasteiger charge is -2.24. The second-order valence-electron chi connectivity index (χ2n) is 4.09. The molecule has 17 heavy (non-hydrogen) atoms. The third-order valence-corrected chi connectivity index (χ3v) is 3.36. The summed E-state index contributed by atoms with van der Waals surface area (Å²) < 4.78 is 5.31. The van der Waals surface area contributed by atoms with Crippen molar-refractivity contribution < 1.29 is 4.74 Å². The first kappa shape index (κ1) is 12.6. The van der Waals surface area contributed by atoms with Crippen LogP contribution in [0.25, 0.3) is 0 Å². The van der Waals surface area contributed by atoms with Crippen LogP contribution in [0.1, 0.15) is 18.4 Å². The van der Waals surface area contributed by atoms with Crippen molar-refractivity contribution in [1.29, 1.82) is 0 Å². The third kappa shape index (κ3) is 3.31. The molecule has 1 aromatic carbocycles. The van der Waals surface area contributed by atoms with Gasteiger partial charge >= 0.3 is 0 Å². The van der Waals surface area contributed by atoms with Gasteiger partial charge in [0.15, 0.2) is 0 Å². The maximum absolute atomic E-state index is 6.11. The molecule has 3 N–H and O–H groups in total. The fourth-order valence-corrected chi connectivity index (χ4v) is 2.40. The summed E-state index contributed by atoms with van der Waals surface area (Å²) in [5, 5.41) is 4.03. The van der Waals surface area contributed by atoms with E-state index in [-0.39, 0.29) is 0 Å². The van der Waals surface area contributed by atoms with Gasteiger partial charge in [0.05, 0.1) is 5.02 Å². The maximum atomic E-state index is 6.11. The molecule has 0 saturated carbocycles. The zero-order valence-corrected chi connectivity index (χ0v) is 11.0.